The SMILES string of the molecule is COC(=O)c1ccc(C(=O)Nc2cc(C)n(Cc3ccc(F)cc3Cl)n2)cc1. The van der Waals surface area contributed by atoms with Crippen molar-refractivity contribution in [3.05, 3.63) is 81.8 Å². The second kappa shape index (κ2) is 8.22. The van der Waals surface area contributed by atoms with Gasteiger partial charge in [-0.05, 0) is 48.9 Å². The number of methoxy groups -OCH3 is 1. The number of esters is 1. The number of nitrogens with one attached hydrogen (secondary N) is 1. The van der Waals surface area contributed by atoms with Crippen molar-refractivity contribution in [1.82, 2.24) is 9.78 Å². The highest BCUT2D eigenvalue weighted by atomic mass is 35.5. The summed E-state index contributed by atoms with van der Waals surface area (Å²) in [4.78, 5) is 23.8. The van der Waals surface area contributed by atoms with Gasteiger partial charge < -0.3 is 10.1 Å². The van der Waals surface area contributed by atoms with Crippen LogP contribution in [0.5, 0.6) is 0 Å². The first-order chi connectivity index (χ1) is 13.4. The van der Waals surface area contributed by atoms with Crippen molar-refractivity contribution in [2.75, 3.05) is 12.4 Å². The Kier molecular flexibility index (Phi) is 5.75. The van der Waals surface area contributed by atoms with Gasteiger partial charge in [0.15, 0.2) is 5.82 Å². The van der Waals surface area contributed by atoms with E-state index in [1.807, 2.05) is 6.92 Å². The number of carbonyl (C=O) groups excluding carboxylic acids is 2. The van der Waals surface area contributed by atoms with Gasteiger partial charge in [-0.15, -0.1) is 0 Å². The molecular weight excluding hydrogens is 385 g/mol. The van der Waals surface area contributed by atoms with E-state index in [0.717, 1.165) is 5.69 Å². The van der Waals surface area contributed by atoms with Crippen molar-refractivity contribution < 1.29 is 18.7 Å². The molecule has 0 aliphatic heterocycles. The van der Waals surface area contributed by atoms with Crippen molar-refractivity contribution >= 4 is 29.3 Å². The minimum atomic E-state index is -0.471. The van der Waals surface area contributed by atoms with E-state index >= 15 is 0 Å². The number of ether oxygens (including phenoxy) is 1. The highest BCUT2D eigenvalue weighted by molar-refractivity contribution is 6.31. The lowest BCUT2D eigenvalue weighted by Crippen LogP contribution is -2.13. The zero-order valence-electron chi connectivity index (χ0n) is 15.2. The van der Waals surface area contributed by atoms with Crippen LogP contribution >= 0.6 is 11.6 Å². The van der Waals surface area contributed by atoms with Gasteiger partial charge in [0.2, 0.25) is 0 Å². The van der Waals surface area contributed by atoms with Crippen LogP contribution in [0.25, 0.3) is 0 Å². The molecule has 3 rings (SSSR count). The first-order valence-corrected chi connectivity index (χ1v) is 8.73. The van der Waals surface area contributed by atoms with Crippen LogP contribution in [0, 0.1) is 12.7 Å². The van der Waals surface area contributed by atoms with E-state index in [0.29, 0.717) is 34.1 Å². The second-order valence-corrected chi connectivity index (χ2v) is 6.49. The highest BCUT2D eigenvalue weighted by Gasteiger charge is 2.13. The molecule has 1 N–H and O–H groups in total. The summed E-state index contributed by atoms with van der Waals surface area (Å²) in [6, 6.07) is 12.0. The number of anilines is 1. The molecule has 6 nitrogen and oxygen atoms in total. The maximum Gasteiger partial charge on any atom is 0.337 e. The fourth-order valence-corrected chi connectivity index (χ4v) is 2.83. The van der Waals surface area contributed by atoms with Gasteiger partial charge in [0.1, 0.15) is 5.82 Å². The summed E-state index contributed by atoms with van der Waals surface area (Å²) in [5, 5.41) is 7.37. The van der Waals surface area contributed by atoms with Gasteiger partial charge in [-0.25, -0.2) is 9.18 Å². The molecule has 1 aromatic heterocycles. The number of hydrogen-bond donors (Lipinski definition) is 1. The Hall–Kier alpha value is -3.19. The molecule has 1 amide bonds. The van der Waals surface area contributed by atoms with E-state index in [-0.39, 0.29) is 5.91 Å². The van der Waals surface area contributed by atoms with Crippen molar-refractivity contribution in [2.45, 2.75) is 13.5 Å². The van der Waals surface area contributed by atoms with Gasteiger partial charge in [0, 0.05) is 22.3 Å². The molecule has 1 heterocycles. The van der Waals surface area contributed by atoms with Crippen molar-refractivity contribution in [3.63, 3.8) is 0 Å². The monoisotopic (exact) mass is 401 g/mol. The molecule has 0 saturated heterocycles. The van der Waals surface area contributed by atoms with Gasteiger partial charge in [0.05, 0.1) is 19.2 Å². The zero-order valence-corrected chi connectivity index (χ0v) is 16.0. The number of benzene rings is 2. The van der Waals surface area contributed by atoms with E-state index in [4.69, 9.17) is 11.6 Å². The number of aryl methyl sites for hydroxylation is 1. The predicted octanol–water partition coefficient (Wildman–Crippen LogP) is 4.07. The van der Waals surface area contributed by atoms with Crippen LogP contribution in [0.2, 0.25) is 5.02 Å². The van der Waals surface area contributed by atoms with Gasteiger partial charge in [-0.3, -0.25) is 9.48 Å². The Balaban J connectivity index is 1.72. The average Bonchev–Trinajstić information content (AvgIpc) is 3.02. The molecule has 0 fully saturated rings. The molecule has 0 spiro atoms. The zero-order chi connectivity index (χ0) is 20.3. The Morgan fingerprint density at radius 2 is 1.82 bits per heavy atom. The minimum absolute atomic E-state index is 0.311. The third kappa shape index (κ3) is 4.37. The molecule has 0 aliphatic rings. The molecule has 0 saturated carbocycles. The van der Waals surface area contributed by atoms with Crippen molar-refractivity contribution in [1.29, 1.82) is 0 Å². The molecule has 2 aromatic carbocycles. The number of amides is 1. The third-order valence-corrected chi connectivity index (χ3v) is 4.48. The summed E-state index contributed by atoms with van der Waals surface area (Å²) in [6.45, 7) is 2.18. The average molecular weight is 402 g/mol. The molecule has 0 bridgehead atoms. The lowest BCUT2D eigenvalue weighted by atomic mass is 10.1. The summed E-state index contributed by atoms with van der Waals surface area (Å²) >= 11 is 6.06. The maximum atomic E-state index is 13.2. The molecular formula is C20H17ClFN3O3. The van der Waals surface area contributed by atoms with Crippen LogP contribution in [-0.4, -0.2) is 28.8 Å². The summed E-state index contributed by atoms with van der Waals surface area (Å²) in [5.74, 6) is -0.864. The number of rotatable bonds is 5. The Bertz CT molecular complexity index is 1030. The largest absolute Gasteiger partial charge is 0.465 e. The van der Waals surface area contributed by atoms with E-state index in [9.17, 15) is 14.0 Å². The fourth-order valence-electron chi connectivity index (χ4n) is 2.61. The predicted molar refractivity (Wildman–Crippen MR) is 103 cm³/mol. The minimum Gasteiger partial charge on any atom is -0.465 e. The molecule has 28 heavy (non-hydrogen) atoms. The van der Waals surface area contributed by atoms with E-state index in [1.165, 1.54) is 43.5 Å². The fraction of sp³-hybridized carbons (Fsp3) is 0.150. The first kappa shape index (κ1) is 19.6. The molecule has 3 aromatic rings. The highest BCUT2D eigenvalue weighted by Crippen LogP contribution is 2.20. The smallest absolute Gasteiger partial charge is 0.337 e. The van der Waals surface area contributed by atoms with Crippen molar-refractivity contribution in [3.8, 4) is 0 Å². The number of aromatic nitrogens is 2. The summed E-state index contributed by atoms with van der Waals surface area (Å²) in [6.07, 6.45) is 0. The van der Waals surface area contributed by atoms with E-state index in [1.54, 1.807) is 16.8 Å². The van der Waals surface area contributed by atoms with Crippen LogP contribution in [0.1, 0.15) is 32.0 Å². The van der Waals surface area contributed by atoms with Gasteiger partial charge in [-0.2, -0.15) is 5.10 Å². The molecule has 0 radical (unpaired) electrons. The van der Waals surface area contributed by atoms with Gasteiger partial charge in [0.25, 0.3) is 5.91 Å². The molecule has 144 valence electrons. The lowest BCUT2D eigenvalue weighted by Gasteiger charge is -2.07. The Labute approximate surface area is 165 Å². The molecule has 0 aliphatic carbocycles. The van der Waals surface area contributed by atoms with Crippen LogP contribution in [0.15, 0.2) is 48.5 Å². The summed E-state index contributed by atoms with van der Waals surface area (Å²) < 4.78 is 19.5. The molecule has 0 atom stereocenters. The summed E-state index contributed by atoms with van der Waals surface area (Å²) in [7, 11) is 1.29. The molecule has 8 heteroatoms. The lowest BCUT2D eigenvalue weighted by molar-refractivity contribution is 0.0600. The van der Waals surface area contributed by atoms with Crippen LogP contribution in [0.4, 0.5) is 10.2 Å². The number of carbonyl (C=O) groups is 2. The normalized spacial score (nSPS) is 10.6. The van der Waals surface area contributed by atoms with Crippen molar-refractivity contribution in [2.24, 2.45) is 0 Å². The Morgan fingerprint density at radius 1 is 1.14 bits per heavy atom. The molecule has 0 unspecified atom stereocenters. The van der Waals surface area contributed by atoms with E-state index in [2.05, 4.69) is 15.2 Å². The number of hydrogen-bond acceptors (Lipinski definition) is 4. The van der Waals surface area contributed by atoms with Crippen LogP contribution < -0.4 is 5.32 Å². The van der Waals surface area contributed by atoms with Gasteiger partial charge in [-0.1, -0.05) is 17.7 Å². The first-order valence-electron chi connectivity index (χ1n) is 8.35. The third-order valence-electron chi connectivity index (χ3n) is 4.13. The van der Waals surface area contributed by atoms with Crippen LogP contribution in [0.3, 0.4) is 0 Å². The van der Waals surface area contributed by atoms with Gasteiger partial charge >= 0.3 is 5.97 Å². The topological polar surface area (TPSA) is 73.2 Å². The van der Waals surface area contributed by atoms with E-state index < -0.39 is 11.8 Å². The number of nitrogens with zero attached hydrogens (tertiary/aromatic N) is 2. The second-order valence-electron chi connectivity index (χ2n) is 6.09. The standard InChI is InChI=1S/C20H17ClFN3O3/c1-12-9-18(24-25(12)11-15-7-8-16(22)10-17(15)21)23-19(26)13-3-5-14(6-4-13)20(27)28-2/h3-10H,11H2,1-2H3,(H,23,24,26). The maximum absolute atomic E-state index is 13.2. The Morgan fingerprint density at radius 3 is 2.46 bits per heavy atom. The van der Waals surface area contributed by atoms with Crippen LogP contribution in [-0.2, 0) is 11.3 Å². The quantitative estimate of drug-likeness (QED) is 0.654. The summed E-state index contributed by atoms with van der Waals surface area (Å²) in [5.41, 5.74) is 2.25. The number of halogens is 2.